The summed E-state index contributed by atoms with van der Waals surface area (Å²) < 4.78 is 78.7. The molecule has 1 aromatic heterocycles. The molecule has 4 rings (SSSR count). The van der Waals surface area contributed by atoms with Crippen LogP contribution in [0.15, 0.2) is 34.4 Å². The van der Waals surface area contributed by atoms with E-state index in [1.165, 1.54) is 12.1 Å². The Morgan fingerprint density at radius 1 is 1.30 bits per heavy atom. The van der Waals surface area contributed by atoms with Crippen LogP contribution in [-0.2, 0) is 35.7 Å². The molecule has 256 valence electrons. The molecule has 2 aliphatic rings. The van der Waals surface area contributed by atoms with E-state index in [0.717, 1.165) is 26.3 Å². The number of aromatic nitrogens is 1. The zero-order chi connectivity index (χ0) is 34.7. The summed E-state index contributed by atoms with van der Waals surface area (Å²) in [5.41, 5.74) is 9.75. The number of carbonyl (C=O) groups is 3. The van der Waals surface area contributed by atoms with Gasteiger partial charge < -0.3 is 36.8 Å². The Morgan fingerprint density at radius 3 is 2.53 bits per heavy atom. The number of rotatable bonds is 12. The molecule has 3 heterocycles. The number of amidine groups is 1. The van der Waals surface area contributed by atoms with Crippen LogP contribution in [0.5, 0.6) is 5.75 Å². The number of aliphatic carboxylic acids is 1. The van der Waals surface area contributed by atoms with Crippen molar-refractivity contribution < 1.29 is 55.2 Å². The third-order valence-corrected chi connectivity index (χ3v) is 8.84. The number of carboxylic acid groups (broad SMARTS) is 1. The number of anilines is 1. The van der Waals surface area contributed by atoms with E-state index in [1.807, 2.05) is 5.32 Å². The van der Waals surface area contributed by atoms with E-state index in [2.05, 4.69) is 20.4 Å². The highest BCUT2D eigenvalue weighted by Gasteiger charge is 2.52. The molecule has 2 aromatic rings. The monoisotopic (exact) mass is 706 g/mol. The topological polar surface area (TPSA) is 261 Å². The minimum absolute atomic E-state index is 0.0256. The summed E-state index contributed by atoms with van der Waals surface area (Å²) in [5, 5.41) is 17.6. The van der Waals surface area contributed by atoms with Gasteiger partial charge in [-0.3, -0.25) is 19.1 Å². The fourth-order valence-corrected chi connectivity index (χ4v) is 6.15. The zero-order valence-corrected chi connectivity index (χ0v) is 25.9. The lowest BCUT2D eigenvalue weighted by atomic mass is 10.0. The van der Waals surface area contributed by atoms with Crippen molar-refractivity contribution in [2.45, 2.75) is 50.2 Å². The second-order valence-corrected chi connectivity index (χ2v) is 12.6. The predicted molar refractivity (Wildman–Crippen MR) is 159 cm³/mol. The molecule has 0 spiro atoms. The number of nitrogens with one attached hydrogen (secondary N) is 2. The van der Waals surface area contributed by atoms with Gasteiger partial charge in [0.1, 0.15) is 34.8 Å². The molecule has 2 amide bonds. The van der Waals surface area contributed by atoms with Crippen LogP contribution in [0.25, 0.3) is 0 Å². The lowest BCUT2D eigenvalue weighted by Crippen LogP contribution is -2.71. The van der Waals surface area contributed by atoms with Crippen LogP contribution in [0.1, 0.15) is 35.9 Å². The van der Waals surface area contributed by atoms with E-state index in [9.17, 15) is 41.1 Å². The number of thiazole rings is 1. The number of nitrogen functional groups attached to an aromatic ring is 1. The standard InChI is InChI=1S/C25H29F3N8O9S2/c1-11-16(22(38)36(11)47(41,42)43)33-21(37)18(17-19(25(26,27)28)46-24(30)34-17)35-45-15(23(39)40)10-44-14-6-4-12(5-7-14)20(29)32-13-3-2-8-31-9-13/h4-7,11,13,15-16,31H,2-3,8-10H2,1H3,(H2,29,32)(H2,30,34)(H,33,37)(H,39,40)(H,41,42,43)/t11-,13?,15?,16+/m1/s1. The summed E-state index contributed by atoms with van der Waals surface area (Å²) in [6.45, 7) is 1.99. The first-order valence-electron chi connectivity index (χ1n) is 13.7. The number of hydrogen-bond donors (Lipinski definition) is 6. The van der Waals surface area contributed by atoms with E-state index in [4.69, 9.17) is 25.6 Å². The quantitative estimate of drug-likeness (QED) is 0.0558. The minimum atomic E-state index is -5.10. The number of carbonyl (C=O) groups excluding carboxylic acids is 2. The fourth-order valence-electron chi connectivity index (χ4n) is 4.57. The van der Waals surface area contributed by atoms with Crippen LogP contribution in [0.3, 0.4) is 0 Å². The second-order valence-electron chi connectivity index (χ2n) is 10.3. The van der Waals surface area contributed by atoms with Crippen LogP contribution in [0.2, 0.25) is 0 Å². The van der Waals surface area contributed by atoms with Crippen LogP contribution >= 0.6 is 11.3 Å². The molecule has 0 aliphatic carbocycles. The van der Waals surface area contributed by atoms with Crippen LogP contribution < -0.4 is 26.8 Å². The first kappa shape index (κ1) is 35.3. The number of piperidine rings is 1. The Bertz CT molecular complexity index is 1680. The Labute approximate surface area is 268 Å². The lowest BCUT2D eigenvalue weighted by Gasteiger charge is -2.42. The number of ether oxygens (including phenoxy) is 1. The molecule has 0 saturated carbocycles. The normalized spacial score (nSPS) is 21.5. The first-order chi connectivity index (χ1) is 22.0. The predicted octanol–water partition coefficient (Wildman–Crippen LogP) is -0.0274. The zero-order valence-electron chi connectivity index (χ0n) is 24.3. The number of alkyl halides is 3. The van der Waals surface area contributed by atoms with Crippen molar-refractivity contribution in [1.82, 2.24) is 19.9 Å². The van der Waals surface area contributed by atoms with Gasteiger partial charge in [0, 0.05) is 12.1 Å². The molecule has 22 heteroatoms. The summed E-state index contributed by atoms with van der Waals surface area (Å²) >= 11 is -0.0525. The number of halogens is 3. The second kappa shape index (κ2) is 14.1. The number of oxime groups is 1. The lowest BCUT2D eigenvalue weighted by molar-refractivity contribution is -0.152. The number of carboxylic acids is 1. The van der Waals surface area contributed by atoms with Gasteiger partial charge in [0.2, 0.25) is 0 Å². The van der Waals surface area contributed by atoms with Crippen LogP contribution in [-0.4, -0.2) is 101 Å². The smallest absolute Gasteiger partial charge is 0.427 e. The molecule has 0 bridgehead atoms. The van der Waals surface area contributed by atoms with Gasteiger partial charge in [0.25, 0.3) is 17.9 Å². The van der Waals surface area contributed by atoms with Gasteiger partial charge in [-0.2, -0.15) is 21.6 Å². The highest BCUT2D eigenvalue weighted by atomic mass is 32.2. The third-order valence-electron chi connectivity index (χ3n) is 6.90. The molecule has 47 heavy (non-hydrogen) atoms. The number of aliphatic imine (C=N–C) groups is 1. The molecule has 2 saturated heterocycles. The van der Waals surface area contributed by atoms with E-state index in [-0.39, 0.29) is 27.4 Å². The molecule has 4 atom stereocenters. The van der Waals surface area contributed by atoms with Gasteiger partial charge >= 0.3 is 22.4 Å². The van der Waals surface area contributed by atoms with E-state index in [1.54, 1.807) is 12.1 Å². The number of β-lactam (4-membered cyclic amide) rings is 1. The maximum atomic E-state index is 13.8. The van der Waals surface area contributed by atoms with Crippen molar-refractivity contribution in [3.8, 4) is 5.75 Å². The van der Waals surface area contributed by atoms with Crippen molar-refractivity contribution in [2.24, 2.45) is 15.9 Å². The maximum absolute atomic E-state index is 13.8. The van der Waals surface area contributed by atoms with Gasteiger partial charge in [-0.05, 0) is 50.6 Å². The molecule has 8 N–H and O–H groups in total. The maximum Gasteiger partial charge on any atom is 0.427 e. The Balaban J connectivity index is 1.52. The average Bonchev–Trinajstić information content (AvgIpc) is 3.39. The van der Waals surface area contributed by atoms with E-state index >= 15 is 0 Å². The number of amides is 2. The molecular formula is C25H29F3N8O9S2. The van der Waals surface area contributed by atoms with Gasteiger partial charge in [0.05, 0.1) is 12.1 Å². The number of nitrogens with two attached hydrogens (primary N) is 2. The third kappa shape index (κ3) is 8.44. The number of benzene rings is 1. The van der Waals surface area contributed by atoms with Crippen LogP contribution in [0, 0.1) is 0 Å². The van der Waals surface area contributed by atoms with Crippen molar-refractivity contribution >= 4 is 56.1 Å². The van der Waals surface area contributed by atoms with Gasteiger partial charge in [0.15, 0.2) is 10.8 Å². The van der Waals surface area contributed by atoms with E-state index < -0.39 is 80.5 Å². The minimum Gasteiger partial charge on any atom is -0.489 e. The molecule has 1 aromatic carbocycles. The van der Waals surface area contributed by atoms with E-state index in [0.29, 0.717) is 17.9 Å². The largest absolute Gasteiger partial charge is 0.489 e. The molecule has 2 fully saturated rings. The average molecular weight is 707 g/mol. The fraction of sp³-hybridized carbons (Fsp3) is 0.440. The van der Waals surface area contributed by atoms with Crippen molar-refractivity contribution in [3.63, 3.8) is 0 Å². The van der Waals surface area contributed by atoms with Crippen molar-refractivity contribution in [3.05, 3.63) is 40.4 Å². The molecule has 2 aliphatic heterocycles. The Morgan fingerprint density at radius 2 is 1.98 bits per heavy atom. The summed E-state index contributed by atoms with van der Waals surface area (Å²) in [7, 11) is -4.99. The molecule has 17 nitrogen and oxygen atoms in total. The summed E-state index contributed by atoms with van der Waals surface area (Å²) in [6.07, 6.45) is -5.23. The summed E-state index contributed by atoms with van der Waals surface area (Å²) in [6, 6.07) is 3.16. The van der Waals surface area contributed by atoms with Gasteiger partial charge in [-0.15, -0.1) is 0 Å². The highest BCUT2D eigenvalue weighted by Crippen LogP contribution is 2.38. The van der Waals surface area contributed by atoms with Gasteiger partial charge in [-0.25, -0.2) is 14.1 Å². The SMILES string of the molecule is C[C@@H]1[C@H](NC(=O)C(=NOC(COc2ccc(C(N)=NC3CCCNC3)cc2)C(=O)O)c2nc(N)sc2C(F)(F)F)C(=O)N1S(=O)(=O)O. The van der Waals surface area contributed by atoms with Crippen molar-refractivity contribution in [2.75, 3.05) is 25.4 Å². The number of hydrogen-bond acceptors (Lipinski definition) is 13. The first-order valence-corrected chi connectivity index (χ1v) is 15.9. The number of nitrogens with zero attached hydrogens (tertiary/aromatic N) is 4. The summed E-state index contributed by atoms with van der Waals surface area (Å²) in [4.78, 5) is 48.7. The van der Waals surface area contributed by atoms with Gasteiger partial charge in [-0.1, -0.05) is 16.5 Å². The Hall–Kier alpha value is -4.54. The molecule has 0 radical (unpaired) electrons. The molecular weight excluding hydrogens is 677 g/mol. The van der Waals surface area contributed by atoms with Crippen LogP contribution in [0.4, 0.5) is 18.3 Å². The Kier molecular flexibility index (Phi) is 10.6. The molecule has 2 unspecified atom stereocenters. The van der Waals surface area contributed by atoms with Crippen molar-refractivity contribution in [1.29, 1.82) is 0 Å². The highest BCUT2D eigenvalue weighted by molar-refractivity contribution is 7.84. The summed E-state index contributed by atoms with van der Waals surface area (Å²) in [5.74, 6) is -4.05.